The van der Waals surface area contributed by atoms with Crippen molar-refractivity contribution in [2.45, 2.75) is 38.9 Å². The van der Waals surface area contributed by atoms with Crippen LogP contribution in [0.1, 0.15) is 41.2 Å². The van der Waals surface area contributed by atoms with E-state index in [4.69, 9.17) is 16.0 Å². The van der Waals surface area contributed by atoms with Crippen molar-refractivity contribution in [1.82, 2.24) is 20.0 Å². The lowest BCUT2D eigenvalue weighted by atomic mass is 9.84. The summed E-state index contributed by atoms with van der Waals surface area (Å²) in [6, 6.07) is 4.99. The summed E-state index contributed by atoms with van der Waals surface area (Å²) < 4.78 is 6.99. The fourth-order valence-electron chi connectivity index (χ4n) is 3.21. The van der Waals surface area contributed by atoms with E-state index in [0.29, 0.717) is 26.2 Å². The molecule has 0 radical (unpaired) electrons. The van der Waals surface area contributed by atoms with Crippen molar-refractivity contribution in [1.29, 1.82) is 0 Å². The summed E-state index contributed by atoms with van der Waals surface area (Å²) in [4.78, 5) is 26.3. The molecule has 7 nitrogen and oxygen atoms in total. The fraction of sp³-hybridized carbons (Fsp3) is 0.471. The third kappa shape index (κ3) is 3.28. The van der Waals surface area contributed by atoms with Crippen LogP contribution in [0.5, 0.6) is 0 Å². The molecule has 2 amide bonds. The number of hydrogen-bond acceptors (Lipinski definition) is 4. The first kappa shape index (κ1) is 16.2. The average Bonchev–Trinajstić information content (AvgIpc) is 3.15. The number of furan rings is 1. The first-order valence-corrected chi connectivity index (χ1v) is 8.86. The van der Waals surface area contributed by atoms with Crippen molar-refractivity contribution in [3.8, 4) is 0 Å². The van der Waals surface area contributed by atoms with Crippen molar-refractivity contribution in [3.05, 3.63) is 40.6 Å². The Kier molecular flexibility index (Phi) is 4.25. The molecule has 8 heteroatoms. The Morgan fingerprint density at radius 2 is 2.16 bits per heavy atom. The molecule has 0 atom stereocenters. The second-order valence-electron chi connectivity index (χ2n) is 6.52. The zero-order valence-corrected chi connectivity index (χ0v) is 14.5. The van der Waals surface area contributed by atoms with Crippen LogP contribution in [0.2, 0.25) is 5.22 Å². The van der Waals surface area contributed by atoms with Crippen LogP contribution in [-0.4, -0.2) is 33.0 Å². The van der Waals surface area contributed by atoms with Crippen LogP contribution in [0.4, 0.5) is 0 Å². The Hall–Kier alpha value is -2.28. The van der Waals surface area contributed by atoms with Crippen molar-refractivity contribution in [3.63, 3.8) is 0 Å². The molecular formula is C17H19ClN4O3. The minimum atomic E-state index is -0.334. The van der Waals surface area contributed by atoms with Crippen molar-refractivity contribution < 1.29 is 14.0 Å². The lowest BCUT2D eigenvalue weighted by molar-refractivity contribution is -0.139. The maximum absolute atomic E-state index is 12.4. The maximum atomic E-state index is 12.4. The second-order valence-corrected chi connectivity index (χ2v) is 6.90. The Morgan fingerprint density at radius 1 is 1.32 bits per heavy atom. The molecule has 0 bridgehead atoms. The van der Waals surface area contributed by atoms with Crippen molar-refractivity contribution in [2.24, 2.45) is 5.92 Å². The molecule has 2 aromatic heterocycles. The first-order valence-electron chi connectivity index (χ1n) is 8.48. The molecule has 1 N–H and O–H groups in total. The van der Waals surface area contributed by atoms with Crippen LogP contribution in [0.15, 0.2) is 22.6 Å². The Morgan fingerprint density at radius 3 is 2.84 bits per heavy atom. The summed E-state index contributed by atoms with van der Waals surface area (Å²) in [6.07, 6.45) is 3.19. The van der Waals surface area contributed by atoms with Gasteiger partial charge in [0.2, 0.25) is 5.91 Å². The van der Waals surface area contributed by atoms with Crippen LogP contribution in [0.3, 0.4) is 0 Å². The molecule has 4 rings (SSSR count). The van der Waals surface area contributed by atoms with Crippen LogP contribution in [-0.2, 0) is 24.4 Å². The molecule has 0 unspecified atom stereocenters. The van der Waals surface area contributed by atoms with Crippen LogP contribution >= 0.6 is 11.6 Å². The maximum Gasteiger partial charge on any atom is 0.287 e. The molecule has 2 aromatic rings. The molecule has 0 saturated heterocycles. The SMILES string of the molecule is O=C(NCc1cc2n(n1)CCN(C(=O)C1CCC1)C2)c1ccc(Cl)o1. The summed E-state index contributed by atoms with van der Waals surface area (Å²) in [5.41, 5.74) is 1.77. The van der Waals surface area contributed by atoms with E-state index in [-0.39, 0.29) is 28.7 Å². The molecule has 1 fully saturated rings. The largest absolute Gasteiger partial charge is 0.440 e. The number of fused-ring (bicyclic) bond motifs is 1. The van der Waals surface area contributed by atoms with E-state index in [1.165, 1.54) is 12.1 Å². The molecule has 1 aliphatic carbocycles. The first-order chi connectivity index (χ1) is 12.1. The van der Waals surface area contributed by atoms with E-state index >= 15 is 0 Å². The van der Waals surface area contributed by atoms with Crippen LogP contribution in [0.25, 0.3) is 0 Å². The lowest BCUT2D eigenvalue weighted by Gasteiger charge is -2.34. The quantitative estimate of drug-likeness (QED) is 0.904. The van der Waals surface area contributed by atoms with Gasteiger partial charge >= 0.3 is 0 Å². The molecule has 0 spiro atoms. The van der Waals surface area contributed by atoms with E-state index in [1.54, 1.807) is 0 Å². The molecular weight excluding hydrogens is 344 g/mol. The van der Waals surface area contributed by atoms with Crippen molar-refractivity contribution in [2.75, 3.05) is 6.54 Å². The Balaban J connectivity index is 1.37. The van der Waals surface area contributed by atoms with Gasteiger partial charge < -0.3 is 14.6 Å². The highest BCUT2D eigenvalue weighted by atomic mass is 35.5. The highest BCUT2D eigenvalue weighted by molar-refractivity contribution is 6.29. The minimum Gasteiger partial charge on any atom is -0.440 e. The summed E-state index contributed by atoms with van der Waals surface area (Å²) in [7, 11) is 0. The highest BCUT2D eigenvalue weighted by Crippen LogP contribution is 2.29. The van der Waals surface area contributed by atoms with E-state index < -0.39 is 0 Å². The number of carbonyl (C=O) groups excluding carboxylic acids is 2. The van der Waals surface area contributed by atoms with Gasteiger partial charge in [-0.25, -0.2) is 0 Å². The van der Waals surface area contributed by atoms with Gasteiger partial charge in [0.25, 0.3) is 5.91 Å². The number of nitrogens with zero attached hydrogens (tertiary/aromatic N) is 3. The predicted molar refractivity (Wildman–Crippen MR) is 89.9 cm³/mol. The summed E-state index contributed by atoms with van der Waals surface area (Å²) >= 11 is 5.67. The monoisotopic (exact) mass is 362 g/mol. The van der Waals surface area contributed by atoms with Gasteiger partial charge in [0.1, 0.15) is 0 Å². The number of carbonyl (C=O) groups is 2. The van der Waals surface area contributed by atoms with E-state index in [9.17, 15) is 9.59 Å². The molecule has 1 aliphatic heterocycles. The Labute approximate surface area is 149 Å². The number of nitrogens with one attached hydrogen (secondary N) is 1. The zero-order chi connectivity index (χ0) is 17.4. The smallest absolute Gasteiger partial charge is 0.287 e. The predicted octanol–water partition coefficient (Wildman–Crippen LogP) is 2.20. The normalized spacial score (nSPS) is 17.1. The molecule has 0 aromatic carbocycles. The number of rotatable bonds is 4. The number of hydrogen-bond donors (Lipinski definition) is 1. The summed E-state index contributed by atoms with van der Waals surface area (Å²) in [5.74, 6) is 0.322. The minimum absolute atomic E-state index is 0.172. The Bertz CT molecular complexity index is 809. The standard InChI is InChI=1S/C17H19ClN4O3/c18-15-5-4-14(25-15)16(23)19-9-12-8-13-10-21(6-7-22(13)20-12)17(24)11-2-1-3-11/h4-5,8,11H,1-3,6-7,9-10H2,(H,19,23). The van der Waals surface area contributed by atoms with Gasteiger partial charge in [0, 0.05) is 12.5 Å². The molecule has 2 aliphatic rings. The van der Waals surface area contributed by atoms with Crippen LogP contribution in [0, 0.1) is 5.92 Å². The van der Waals surface area contributed by atoms with E-state index in [2.05, 4.69) is 10.4 Å². The highest BCUT2D eigenvalue weighted by Gasteiger charge is 2.31. The van der Waals surface area contributed by atoms with E-state index in [1.807, 2.05) is 15.6 Å². The number of halogens is 1. The summed E-state index contributed by atoms with van der Waals surface area (Å²) in [5, 5.41) is 7.44. The fourth-order valence-corrected chi connectivity index (χ4v) is 3.35. The van der Waals surface area contributed by atoms with Gasteiger partial charge in [-0.15, -0.1) is 0 Å². The van der Waals surface area contributed by atoms with Gasteiger partial charge in [-0.3, -0.25) is 14.3 Å². The number of aromatic nitrogens is 2. The molecule has 3 heterocycles. The molecule has 132 valence electrons. The van der Waals surface area contributed by atoms with Gasteiger partial charge in [0.15, 0.2) is 11.0 Å². The van der Waals surface area contributed by atoms with Crippen molar-refractivity contribution >= 4 is 23.4 Å². The summed E-state index contributed by atoms with van der Waals surface area (Å²) in [6.45, 7) is 2.27. The third-order valence-corrected chi connectivity index (χ3v) is 5.04. The average molecular weight is 363 g/mol. The van der Waals surface area contributed by atoms with E-state index in [0.717, 1.165) is 30.7 Å². The number of amides is 2. The third-order valence-electron chi connectivity index (χ3n) is 4.84. The van der Waals surface area contributed by atoms with Gasteiger partial charge in [-0.1, -0.05) is 6.42 Å². The lowest BCUT2D eigenvalue weighted by Crippen LogP contribution is -2.43. The van der Waals surface area contributed by atoms with Gasteiger partial charge in [0.05, 0.1) is 31.0 Å². The zero-order valence-electron chi connectivity index (χ0n) is 13.7. The molecule has 25 heavy (non-hydrogen) atoms. The van der Waals surface area contributed by atoms with Gasteiger partial charge in [-0.05, 0) is 42.6 Å². The second kappa shape index (κ2) is 6.55. The van der Waals surface area contributed by atoms with Gasteiger partial charge in [-0.2, -0.15) is 5.10 Å². The topological polar surface area (TPSA) is 80.4 Å². The van der Waals surface area contributed by atoms with Crippen LogP contribution < -0.4 is 5.32 Å². The molecule has 1 saturated carbocycles.